The van der Waals surface area contributed by atoms with Gasteiger partial charge in [-0.15, -0.1) is 0 Å². The van der Waals surface area contributed by atoms with Crippen molar-refractivity contribution in [3.63, 3.8) is 0 Å². The van der Waals surface area contributed by atoms with E-state index in [9.17, 15) is 0 Å². The topological polar surface area (TPSA) is 0 Å². The van der Waals surface area contributed by atoms with Crippen molar-refractivity contribution in [3.8, 4) is 33.4 Å². The summed E-state index contributed by atoms with van der Waals surface area (Å²) in [6.07, 6.45) is 4.67. The van der Waals surface area contributed by atoms with Gasteiger partial charge in [-0.3, -0.25) is 0 Å². The van der Waals surface area contributed by atoms with Crippen molar-refractivity contribution in [2.45, 2.75) is 0 Å². The predicted molar refractivity (Wildman–Crippen MR) is 140 cm³/mol. The van der Waals surface area contributed by atoms with Gasteiger partial charge in [0.25, 0.3) is 0 Å². The van der Waals surface area contributed by atoms with Crippen LogP contribution in [0.3, 0.4) is 0 Å². The van der Waals surface area contributed by atoms with Crippen LogP contribution in [-0.2, 0) is 0 Å². The second-order valence-corrected chi connectivity index (χ2v) is 8.38. The fraction of sp³-hybridized carbons (Fsp3) is 0. The van der Waals surface area contributed by atoms with Crippen molar-refractivity contribution in [2.75, 3.05) is 0 Å². The largest absolute Gasteiger partial charge is 0.0622 e. The molecule has 155 valence electrons. The molecule has 1 aliphatic rings. The molecule has 0 atom stereocenters. The Kier molecular flexibility index (Phi) is 4.97. The van der Waals surface area contributed by atoms with E-state index < -0.39 is 0 Å². The summed E-state index contributed by atoms with van der Waals surface area (Å²) >= 11 is 0. The van der Waals surface area contributed by atoms with Gasteiger partial charge in [-0.05, 0) is 61.7 Å². The van der Waals surface area contributed by atoms with Gasteiger partial charge in [0, 0.05) is 6.42 Å². The SMILES string of the molecule is [CH]1C(c2ccccc2)=Cc2c1ccc(-c1ccccc1)c2-c1ccccc1-c1ccccc1. The van der Waals surface area contributed by atoms with Crippen molar-refractivity contribution in [1.82, 2.24) is 0 Å². The lowest BCUT2D eigenvalue weighted by atomic mass is 9.85. The molecule has 5 aromatic carbocycles. The van der Waals surface area contributed by atoms with Crippen LogP contribution in [0.25, 0.3) is 45.0 Å². The first-order valence-corrected chi connectivity index (χ1v) is 11.4. The molecule has 1 aliphatic carbocycles. The molecule has 0 heterocycles. The number of rotatable bonds is 4. The number of benzene rings is 5. The molecule has 0 unspecified atom stereocenters. The van der Waals surface area contributed by atoms with Crippen molar-refractivity contribution in [3.05, 3.63) is 151 Å². The van der Waals surface area contributed by atoms with Crippen molar-refractivity contribution in [2.24, 2.45) is 0 Å². The Labute approximate surface area is 195 Å². The Balaban J connectivity index is 1.63. The molecule has 0 amide bonds. The monoisotopic (exact) mass is 419 g/mol. The van der Waals surface area contributed by atoms with Crippen LogP contribution in [0.2, 0.25) is 0 Å². The summed E-state index contributed by atoms with van der Waals surface area (Å²) in [7, 11) is 0. The quantitative estimate of drug-likeness (QED) is 0.273. The van der Waals surface area contributed by atoms with Gasteiger partial charge in [0.05, 0.1) is 0 Å². The van der Waals surface area contributed by atoms with Gasteiger partial charge in [0.1, 0.15) is 0 Å². The van der Waals surface area contributed by atoms with Gasteiger partial charge in [-0.25, -0.2) is 0 Å². The van der Waals surface area contributed by atoms with E-state index in [1.54, 1.807) is 0 Å². The highest BCUT2D eigenvalue weighted by molar-refractivity contribution is 6.04. The molecule has 0 heteroatoms. The zero-order valence-electron chi connectivity index (χ0n) is 18.3. The minimum absolute atomic E-state index is 1.24. The Bertz CT molecular complexity index is 1440. The zero-order chi connectivity index (χ0) is 22.0. The third kappa shape index (κ3) is 3.60. The minimum Gasteiger partial charge on any atom is -0.0622 e. The molecule has 6 rings (SSSR count). The third-order valence-corrected chi connectivity index (χ3v) is 6.36. The second kappa shape index (κ2) is 8.41. The number of allylic oxidation sites excluding steroid dienone is 1. The highest BCUT2D eigenvalue weighted by Crippen LogP contribution is 2.46. The Morgan fingerprint density at radius 1 is 0.364 bits per heavy atom. The van der Waals surface area contributed by atoms with Gasteiger partial charge in [-0.2, -0.15) is 0 Å². The van der Waals surface area contributed by atoms with E-state index >= 15 is 0 Å². The van der Waals surface area contributed by atoms with Gasteiger partial charge in [0.2, 0.25) is 0 Å². The first-order chi connectivity index (χ1) is 16.4. The van der Waals surface area contributed by atoms with Crippen molar-refractivity contribution >= 4 is 11.6 Å². The van der Waals surface area contributed by atoms with E-state index in [4.69, 9.17) is 0 Å². The lowest BCUT2D eigenvalue weighted by Crippen LogP contribution is -1.94. The molecule has 0 N–H and O–H groups in total. The van der Waals surface area contributed by atoms with E-state index in [-0.39, 0.29) is 0 Å². The molecule has 5 aromatic rings. The summed E-state index contributed by atoms with van der Waals surface area (Å²) in [6.45, 7) is 0. The summed E-state index contributed by atoms with van der Waals surface area (Å²) < 4.78 is 0. The number of fused-ring (bicyclic) bond motifs is 1. The zero-order valence-corrected chi connectivity index (χ0v) is 18.3. The average molecular weight is 420 g/mol. The summed E-state index contributed by atoms with van der Waals surface area (Å²) in [6, 6.07) is 45.4. The minimum atomic E-state index is 1.24. The number of hydrogen-bond acceptors (Lipinski definition) is 0. The van der Waals surface area contributed by atoms with Gasteiger partial charge in [0.15, 0.2) is 0 Å². The molecule has 0 bridgehead atoms. The van der Waals surface area contributed by atoms with Crippen LogP contribution in [0.1, 0.15) is 16.7 Å². The molecular formula is C33H23. The molecule has 1 radical (unpaired) electrons. The summed E-state index contributed by atoms with van der Waals surface area (Å²) in [5.74, 6) is 0. The van der Waals surface area contributed by atoms with Crippen LogP contribution < -0.4 is 0 Å². The van der Waals surface area contributed by atoms with E-state index in [0.29, 0.717) is 0 Å². The Morgan fingerprint density at radius 3 is 1.52 bits per heavy atom. The van der Waals surface area contributed by atoms with Gasteiger partial charge >= 0.3 is 0 Å². The Morgan fingerprint density at radius 2 is 0.879 bits per heavy atom. The molecule has 0 fully saturated rings. The third-order valence-electron chi connectivity index (χ3n) is 6.36. The fourth-order valence-electron chi connectivity index (χ4n) is 4.80. The normalized spacial score (nSPS) is 12.3. The lowest BCUT2D eigenvalue weighted by Gasteiger charge is -2.18. The summed E-state index contributed by atoms with van der Waals surface area (Å²) in [4.78, 5) is 0. The molecule has 0 spiro atoms. The van der Waals surface area contributed by atoms with Crippen LogP contribution in [0.4, 0.5) is 0 Å². The van der Waals surface area contributed by atoms with E-state index in [2.05, 4.69) is 140 Å². The highest BCUT2D eigenvalue weighted by Gasteiger charge is 2.23. The first kappa shape index (κ1) is 19.5. The van der Waals surface area contributed by atoms with Crippen LogP contribution in [0.5, 0.6) is 0 Å². The van der Waals surface area contributed by atoms with Crippen molar-refractivity contribution in [1.29, 1.82) is 0 Å². The van der Waals surface area contributed by atoms with Crippen LogP contribution in [-0.4, -0.2) is 0 Å². The molecule has 0 aliphatic heterocycles. The van der Waals surface area contributed by atoms with Crippen LogP contribution >= 0.6 is 0 Å². The lowest BCUT2D eigenvalue weighted by molar-refractivity contribution is 1.50. The molecule has 33 heavy (non-hydrogen) atoms. The van der Waals surface area contributed by atoms with Crippen LogP contribution in [0, 0.1) is 6.42 Å². The standard InChI is InChI=1S/C33H23/c1-4-12-24(13-5-1)28-22-27-20-21-30(26-16-8-3-9-17-26)33(32(27)23-28)31-19-11-10-18-29(31)25-14-6-2-7-15-25/h1-23H. The Hall–Kier alpha value is -4.16. The molecule has 0 saturated heterocycles. The molecule has 0 aromatic heterocycles. The smallest absolute Gasteiger partial charge is 0.0211 e. The molecule has 0 saturated carbocycles. The maximum Gasteiger partial charge on any atom is 0.0211 e. The predicted octanol–water partition coefficient (Wildman–Crippen LogP) is 8.79. The maximum absolute atomic E-state index is 2.36. The summed E-state index contributed by atoms with van der Waals surface area (Å²) in [5.41, 5.74) is 12.6. The molecule has 0 nitrogen and oxygen atoms in total. The summed E-state index contributed by atoms with van der Waals surface area (Å²) in [5, 5.41) is 0. The van der Waals surface area contributed by atoms with Gasteiger partial charge in [-0.1, -0.05) is 127 Å². The second-order valence-electron chi connectivity index (χ2n) is 8.38. The highest BCUT2D eigenvalue weighted by atomic mass is 14.3. The fourth-order valence-corrected chi connectivity index (χ4v) is 4.80. The van der Waals surface area contributed by atoms with Crippen molar-refractivity contribution < 1.29 is 0 Å². The van der Waals surface area contributed by atoms with Crippen LogP contribution in [0.15, 0.2) is 127 Å². The van der Waals surface area contributed by atoms with Gasteiger partial charge < -0.3 is 0 Å². The van der Waals surface area contributed by atoms with E-state index in [0.717, 1.165) is 0 Å². The van der Waals surface area contributed by atoms with E-state index in [1.807, 2.05) is 0 Å². The number of hydrogen-bond donors (Lipinski definition) is 0. The molecular weight excluding hydrogens is 396 g/mol. The van der Waals surface area contributed by atoms with E-state index in [1.165, 1.54) is 55.6 Å². The average Bonchev–Trinajstić information content (AvgIpc) is 3.34. The maximum atomic E-state index is 2.36. The first-order valence-electron chi connectivity index (χ1n) is 11.4.